The summed E-state index contributed by atoms with van der Waals surface area (Å²) in [7, 11) is -3.95. The van der Waals surface area contributed by atoms with Crippen molar-refractivity contribution in [1.82, 2.24) is 4.98 Å². The highest BCUT2D eigenvalue weighted by Crippen LogP contribution is 2.29. The third-order valence-electron chi connectivity index (χ3n) is 4.86. The number of nitrogens with one attached hydrogen (secondary N) is 1. The Kier molecular flexibility index (Phi) is 7.48. The highest BCUT2D eigenvalue weighted by Gasteiger charge is 2.22. The van der Waals surface area contributed by atoms with Crippen LogP contribution >= 0.6 is 0 Å². The summed E-state index contributed by atoms with van der Waals surface area (Å²) >= 11 is 0. The Morgan fingerprint density at radius 1 is 0.969 bits per heavy atom. The van der Waals surface area contributed by atoms with Crippen molar-refractivity contribution in [2.24, 2.45) is 0 Å². The largest absolute Gasteiger partial charge is 0.480 e. The molecule has 0 aliphatic carbocycles. The van der Waals surface area contributed by atoms with Crippen LogP contribution in [0.1, 0.15) is 29.2 Å². The van der Waals surface area contributed by atoms with Crippen LogP contribution < -0.4 is 9.46 Å². The molecule has 3 rings (SSSR count). The minimum atomic E-state index is -3.95. The number of ether oxygens (including phenoxy) is 2. The molecule has 0 fully saturated rings. The van der Waals surface area contributed by atoms with Crippen molar-refractivity contribution in [3.05, 3.63) is 83.2 Å². The fourth-order valence-corrected chi connectivity index (χ4v) is 4.33. The van der Waals surface area contributed by atoms with Crippen molar-refractivity contribution >= 4 is 21.7 Å². The SMILES string of the molecule is CCOC(=O)COc1cc(C)c(C)cc1S(=O)(=O)Nc1ccc(Cc2ccncc2)cc1. The zero-order valence-corrected chi connectivity index (χ0v) is 19.1. The second-order valence-electron chi connectivity index (χ2n) is 7.31. The van der Waals surface area contributed by atoms with Gasteiger partial charge in [-0.2, -0.15) is 0 Å². The van der Waals surface area contributed by atoms with Crippen LogP contribution in [-0.4, -0.2) is 32.6 Å². The van der Waals surface area contributed by atoms with Crippen LogP contribution in [0.2, 0.25) is 0 Å². The molecule has 0 saturated carbocycles. The van der Waals surface area contributed by atoms with E-state index in [0.29, 0.717) is 5.69 Å². The van der Waals surface area contributed by atoms with Crippen LogP contribution in [0.25, 0.3) is 0 Å². The van der Waals surface area contributed by atoms with E-state index in [1.165, 1.54) is 6.07 Å². The number of esters is 1. The Balaban J connectivity index is 1.79. The molecule has 0 unspecified atom stereocenters. The number of nitrogens with zero attached hydrogens (tertiary/aromatic N) is 1. The van der Waals surface area contributed by atoms with Crippen LogP contribution in [0.15, 0.2) is 65.8 Å². The number of benzene rings is 2. The number of pyridine rings is 1. The molecule has 1 N–H and O–H groups in total. The lowest BCUT2D eigenvalue weighted by molar-refractivity contribution is -0.145. The molecule has 3 aromatic rings. The van der Waals surface area contributed by atoms with Gasteiger partial charge in [0.15, 0.2) is 6.61 Å². The van der Waals surface area contributed by atoms with Crippen LogP contribution in [0.5, 0.6) is 5.75 Å². The minimum absolute atomic E-state index is 0.0363. The molecule has 8 heteroatoms. The number of hydrogen-bond acceptors (Lipinski definition) is 6. The number of carbonyl (C=O) groups excluding carboxylic acids is 1. The summed E-state index contributed by atoms with van der Waals surface area (Å²) in [4.78, 5) is 15.6. The summed E-state index contributed by atoms with van der Waals surface area (Å²) < 4.78 is 39.2. The molecule has 7 nitrogen and oxygen atoms in total. The Morgan fingerprint density at radius 2 is 1.59 bits per heavy atom. The molecule has 0 saturated heterocycles. The number of anilines is 1. The Bertz CT molecular complexity index is 1180. The number of aromatic nitrogens is 1. The molecule has 168 valence electrons. The molecule has 1 aromatic heterocycles. The number of aryl methyl sites for hydroxylation is 2. The average Bonchev–Trinajstić information content (AvgIpc) is 2.76. The molecule has 0 atom stereocenters. The van der Waals surface area contributed by atoms with Crippen molar-refractivity contribution in [3.8, 4) is 5.75 Å². The third kappa shape index (κ3) is 6.07. The number of rotatable bonds is 9. The summed E-state index contributed by atoms with van der Waals surface area (Å²) in [6, 6.07) is 14.2. The predicted molar refractivity (Wildman–Crippen MR) is 122 cm³/mol. The zero-order chi connectivity index (χ0) is 23.1. The Morgan fingerprint density at radius 3 is 2.25 bits per heavy atom. The molecule has 0 spiro atoms. The topological polar surface area (TPSA) is 94.6 Å². The first kappa shape index (κ1) is 23.3. The maximum absolute atomic E-state index is 13.1. The maximum Gasteiger partial charge on any atom is 0.344 e. The molecule has 0 aliphatic heterocycles. The van der Waals surface area contributed by atoms with Crippen LogP contribution in [0.4, 0.5) is 5.69 Å². The van der Waals surface area contributed by atoms with Gasteiger partial charge in [0.25, 0.3) is 10.0 Å². The first-order valence-electron chi connectivity index (χ1n) is 10.2. The second-order valence-corrected chi connectivity index (χ2v) is 8.96. The van der Waals surface area contributed by atoms with Crippen LogP contribution in [0.3, 0.4) is 0 Å². The molecule has 0 aliphatic rings. The molecule has 1 heterocycles. The van der Waals surface area contributed by atoms with Crippen molar-refractivity contribution in [1.29, 1.82) is 0 Å². The number of carbonyl (C=O) groups is 1. The lowest BCUT2D eigenvalue weighted by atomic mass is 10.1. The molecule has 32 heavy (non-hydrogen) atoms. The molecular weight excluding hydrogens is 428 g/mol. The Labute approximate surface area is 188 Å². The monoisotopic (exact) mass is 454 g/mol. The van der Waals surface area contributed by atoms with E-state index >= 15 is 0 Å². The van der Waals surface area contributed by atoms with Crippen molar-refractivity contribution in [3.63, 3.8) is 0 Å². The van der Waals surface area contributed by atoms with Crippen molar-refractivity contribution < 1.29 is 22.7 Å². The minimum Gasteiger partial charge on any atom is -0.480 e. The van der Waals surface area contributed by atoms with Gasteiger partial charge in [-0.15, -0.1) is 0 Å². The molecule has 0 radical (unpaired) electrons. The van der Waals surface area contributed by atoms with E-state index in [0.717, 1.165) is 28.7 Å². The molecule has 0 bridgehead atoms. The molecule has 2 aromatic carbocycles. The maximum atomic E-state index is 13.1. The fourth-order valence-electron chi connectivity index (χ4n) is 3.06. The van der Waals surface area contributed by atoms with E-state index in [1.807, 2.05) is 38.1 Å². The summed E-state index contributed by atoms with van der Waals surface area (Å²) in [5, 5.41) is 0. The van der Waals surface area contributed by atoms with Gasteiger partial charge < -0.3 is 9.47 Å². The van der Waals surface area contributed by atoms with E-state index < -0.39 is 16.0 Å². The molecular formula is C24H26N2O5S. The van der Waals surface area contributed by atoms with Gasteiger partial charge in [-0.1, -0.05) is 12.1 Å². The highest BCUT2D eigenvalue weighted by atomic mass is 32.2. The van der Waals surface area contributed by atoms with Gasteiger partial charge in [-0.3, -0.25) is 9.71 Å². The van der Waals surface area contributed by atoms with Gasteiger partial charge in [0, 0.05) is 18.1 Å². The molecule has 0 amide bonds. The van der Waals surface area contributed by atoms with Gasteiger partial charge >= 0.3 is 5.97 Å². The van der Waals surface area contributed by atoms with E-state index in [2.05, 4.69) is 9.71 Å². The van der Waals surface area contributed by atoms with Crippen molar-refractivity contribution in [2.75, 3.05) is 17.9 Å². The quantitative estimate of drug-likeness (QED) is 0.491. The number of sulfonamides is 1. The first-order chi connectivity index (χ1) is 15.3. The predicted octanol–water partition coefficient (Wildman–Crippen LogP) is 4.03. The summed E-state index contributed by atoms with van der Waals surface area (Å²) in [5.41, 5.74) is 4.23. The summed E-state index contributed by atoms with van der Waals surface area (Å²) in [6.07, 6.45) is 4.20. The van der Waals surface area contributed by atoms with Crippen molar-refractivity contribution in [2.45, 2.75) is 32.1 Å². The lowest BCUT2D eigenvalue weighted by Crippen LogP contribution is -2.18. The average molecular weight is 455 g/mol. The normalized spacial score (nSPS) is 11.1. The zero-order valence-electron chi connectivity index (χ0n) is 18.3. The highest BCUT2D eigenvalue weighted by molar-refractivity contribution is 7.92. The van der Waals surface area contributed by atoms with Gasteiger partial charge in [0.05, 0.1) is 6.61 Å². The van der Waals surface area contributed by atoms with Gasteiger partial charge in [0.2, 0.25) is 0 Å². The fraction of sp³-hybridized carbons (Fsp3) is 0.250. The Hall–Kier alpha value is -3.39. The third-order valence-corrected chi connectivity index (χ3v) is 6.27. The summed E-state index contributed by atoms with van der Waals surface area (Å²) in [5.74, 6) is -0.463. The summed E-state index contributed by atoms with van der Waals surface area (Å²) in [6.45, 7) is 5.20. The standard InChI is InChI=1S/C24H26N2O5S/c1-4-30-24(27)16-31-22-13-17(2)18(3)14-23(22)32(28,29)26-21-7-5-19(6-8-21)15-20-9-11-25-12-10-20/h5-14,26H,4,15-16H2,1-3H3. The second kappa shape index (κ2) is 10.3. The van der Waals surface area contributed by atoms with Gasteiger partial charge in [0.1, 0.15) is 10.6 Å². The van der Waals surface area contributed by atoms with Crippen LogP contribution in [-0.2, 0) is 26.0 Å². The van der Waals surface area contributed by atoms with E-state index in [1.54, 1.807) is 37.5 Å². The van der Waals surface area contributed by atoms with Gasteiger partial charge in [-0.25, -0.2) is 13.2 Å². The first-order valence-corrected chi connectivity index (χ1v) is 11.7. The van der Waals surface area contributed by atoms with E-state index in [4.69, 9.17) is 9.47 Å². The van der Waals surface area contributed by atoms with Gasteiger partial charge in [-0.05, 0) is 85.8 Å². The van der Waals surface area contributed by atoms with E-state index in [9.17, 15) is 13.2 Å². The smallest absolute Gasteiger partial charge is 0.344 e. The lowest BCUT2D eigenvalue weighted by Gasteiger charge is -2.15. The number of hydrogen-bond donors (Lipinski definition) is 1. The van der Waals surface area contributed by atoms with E-state index in [-0.39, 0.29) is 23.9 Å². The van der Waals surface area contributed by atoms with Crippen LogP contribution in [0, 0.1) is 13.8 Å².